The van der Waals surface area contributed by atoms with Gasteiger partial charge in [0.25, 0.3) is 0 Å². The third-order valence-electron chi connectivity index (χ3n) is 5.22. The molecule has 0 aliphatic carbocycles. The van der Waals surface area contributed by atoms with Crippen molar-refractivity contribution in [2.75, 3.05) is 19.4 Å². The van der Waals surface area contributed by atoms with E-state index >= 15 is 0 Å². The summed E-state index contributed by atoms with van der Waals surface area (Å²) in [5, 5.41) is -0.521. The van der Waals surface area contributed by atoms with Crippen molar-refractivity contribution in [3.05, 3.63) is 35.4 Å². The zero-order valence-electron chi connectivity index (χ0n) is 19.0. The Bertz CT molecular complexity index is 724. The smallest absolute Gasteiger partial charge is 0.333 e. The molecule has 0 aromatic heterocycles. The SMILES string of the molecule is CCCCCCCCCCCCc1ccccc1C(SCCNS(=O)(=O)O)C(=O)OC. The van der Waals surface area contributed by atoms with Crippen molar-refractivity contribution >= 4 is 28.0 Å². The second-order valence-corrected chi connectivity index (χ2v) is 10.2. The molecule has 0 saturated carbocycles. The number of carbonyl (C=O) groups is 1. The van der Waals surface area contributed by atoms with Crippen molar-refractivity contribution in [3.63, 3.8) is 0 Å². The molecule has 0 spiro atoms. The van der Waals surface area contributed by atoms with Crippen molar-refractivity contribution in [3.8, 4) is 0 Å². The second-order valence-electron chi connectivity index (χ2n) is 7.77. The predicted octanol–water partition coefficient (Wildman–Crippen LogP) is 5.49. The molecule has 6 nitrogen and oxygen atoms in total. The summed E-state index contributed by atoms with van der Waals surface area (Å²) in [6.45, 7) is 2.28. The lowest BCUT2D eigenvalue weighted by Crippen LogP contribution is -2.25. The first kappa shape index (κ1) is 27.9. The maximum absolute atomic E-state index is 12.4. The fourth-order valence-corrected chi connectivity index (χ4v) is 5.15. The lowest BCUT2D eigenvalue weighted by Gasteiger charge is -2.18. The van der Waals surface area contributed by atoms with Crippen molar-refractivity contribution in [1.82, 2.24) is 4.72 Å². The monoisotopic (exact) mass is 473 g/mol. The first-order chi connectivity index (χ1) is 14.9. The van der Waals surface area contributed by atoms with Gasteiger partial charge in [0.05, 0.1) is 7.11 Å². The summed E-state index contributed by atoms with van der Waals surface area (Å²) in [7, 11) is -2.87. The zero-order valence-corrected chi connectivity index (χ0v) is 20.6. The van der Waals surface area contributed by atoms with E-state index < -0.39 is 15.6 Å². The number of benzene rings is 1. The van der Waals surface area contributed by atoms with Crippen molar-refractivity contribution in [1.29, 1.82) is 0 Å². The van der Waals surface area contributed by atoms with Gasteiger partial charge in [-0.25, -0.2) is 0 Å². The maximum atomic E-state index is 12.4. The number of thioether (sulfide) groups is 1. The molecule has 31 heavy (non-hydrogen) atoms. The third kappa shape index (κ3) is 13.1. The van der Waals surface area contributed by atoms with Gasteiger partial charge in [-0.15, -0.1) is 11.8 Å². The van der Waals surface area contributed by atoms with Gasteiger partial charge in [-0.05, 0) is 24.0 Å². The first-order valence-electron chi connectivity index (χ1n) is 11.4. The molecule has 0 aliphatic rings. The lowest BCUT2D eigenvalue weighted by molar-refractivity contribution is -0.140. The molecular formula is C23H39NO5S2. The minimum Gasteiger partial charge on any atom is -0.468 e. The van der Waals surface area contributed by atoms with Crippen LogP contribution in [-0.4, -0.2) is 38.3 Å². The number of hydrogen-bond donors (Lipinski definition) is 2. The largest absolute Gasteiger partial charge is 0.468 e. The summed E-state index contributed by atoms with van der Waals surface area (Å²) in [6.07, 6.45) is 13.7. The molecule has 0 heterocycles. The van der Waals surface area contributed by atoms with Crippen LogP contribution in [0.5, 0.6) is 0 Å². The van der Waals surface area contributed by atoms with Crippen molar-refractivity contribution in [2.24, 2.45) is 0 Å². The molecule has 0 fully saturated rings. The normalized spacial score (nSPS) is 12.6. The molecule has 1 atom stereocenters. The fourth-order valence-electron chi connectivity index (χ4n) is 3.56. The number of carbonyl (C=O) groups excluding carboxylic acids is 1. The van der Waals surface area contributed by atoms with Crippen LogP contribution in [0, 0.1) is 0 Å². The summed E-state index contributed by atoms with van der Waals surface area (Å²) in [4.78, 5) is 12.4. The number of esters is 1. The minimum absolute atomic E-state index is 0.0393. The Morgan fingerprint density at radius 2 is 1.61 bits per heavy atom. The molecule has 8 heteroatoms. The van der Waals surface area contributed by atoms with Gasteiger partial charge >= 0.3 is 16.3 Å². The minimum atomic E-state index is -4.23. The molecule has 0 saturated heterocycles. The number of hydrogen-bond acceptors (Lipinski definition) is 5. The van der Waals surface area contributed by atoms with Crippen LogP contribution in [0.25, 0.3) is 0 Å². The molecule has 0 amide bonds. The Kier molecular flexibility index (Phi) is 14.9. The summed E-state index contributed by atoms with van der Waals surface area (Å²) in [5.41, 5.74) is 2.05. The van der Waals surface area contributed by atoms with E-state index in [0.717, 1.165) is 24.0 Å². The number of nitrogens with one attached hydrogen (secondary N) is 1. The molecule has 1 aromatic carbocycles. The summed E-state index contributed by atoms with van der Waals surface area (Å²) in [6, 6.07) is 7.88. The molecule has 2 N–H and O–H groups in total. The van der Waals surface area contributed by atoms with Crippen LogP contribution < -0.4 is 4.72 Å². The number of rotatable bonds is 18. The summed E-state index contributed by atoms with van der Waals surface area (Å²) >= 11 is 1.31. The Labute approximate surface area is 192 Å². The Balaban J connectivity index is 2.49. The standard InChI is InChI=1S/C23H39NO5S2/c1-3-4-5-6-7-8-9-10-11-12-15-20-16-13-14-17-21(20)22(23(25)29-2)30-19-18-24-31(26,27)28/h13-14,16-17,22,24H,3-12,15,18-19H2,1-2H3,(H,26,27,28). The number of ether oxygens (including phenoxy) is 1. The highest BCUT2D eigenvalue weighted by molar-refractivity contribution is 8.00. The van der Waals surface area contributed by atoms with E-state index in [2.05, 4.69) is 13.0 Å². The van der Waals surface area contributed by atoms with E-state index in [9.17, 15) is 13.2 Å². The van der Waals surface area contributed by atoms with E-state index in [4.69, 9.17) is 9.29 Å². The predicted molar refractivity (Wildman–Crippen MR) is 129 cm³/mol. The second kappa shape index (κ2) is 16.5. The van der Waals surface area contributed by atoms with Crippen LogP contribution in [0.3, 0.4) is 0 Å². The van der Waals surface area contributed by atoms with Crippen LogP contribution in [-0.2, 0) is 26.3 Å². The van der Waals surface area contributed by atoms with Crippen LogP contribution in [0.2, 0.25) is 0 Å². The summed E-state index contributed by atoms with van der Waals surface area (Å²) < 4.78 is 37.4. The van der Waals surface area contributed by atoms with Gasteiger partial charge in [0, 0.05) is 12.3 Å². The Morgan fingerprint density at radius 3 is 2.19 bits per heavy atom. The topological polar surface area (TPSA) is 92.7 Å². The van der Waals surface area contributed by atoms with E-state index in [1.165, 1.54) is 76.7 Å². The van der Waals surface area contributed by atoms with Crippen LogP contribution in [0.1, 0.15) is 87.5 Å². The number of unbranched alkanes of at least 4 members (excludes halogenated alkanes) is 9. The molecule has 0 aliphatic heterocycles. The van der Waals surface area contributed by atoms with Gasteiger partial charge in [-0.1, -0.05) is 89.0 Å². The Hall–Kier alpha value is -1.09. The van der Waals surface area contributed by atoms with Crippen molar-refractivity contribution < 1.29 is 22.5 Å². The number of aryl methyl sites for hydroxylation is 1. The molecule has 1 rings (SSSR count). The van der Waals surface area contributed by atoms with E-state index in [-0.39, 0.29) is 12.5 Å². The lowest BCUT2D eigenvalue weighted by atomic mass is 9.98. The molecule has 0 radical (unpaired) electrons. The van der Waals surface area contributed by atoms with Crippen LogP contribution >= 0.6 is 11.8 Å². The quantitative estimate of drug-likeness (QED) is 0.166. The Morgan fingerprint density at radius 1 is 1.03 bits per heavy atom. The van der Waals surface area contributed by atoms with Gasteiger partial charge in [0.2, 0.25) is 0 Å². The molecule has 0 bridgehead atoms. The zero-order chi connectivity index (χ0) is 23.0. The van der Waals surface area contributed by atoms with E-state index in [0.29, 0.717) is 5.75 Å². The number of methoxy groups -OCH3 is 1. The highest BCUT2D eigenvalue weighted by Crippen LogP contribution is 2.33. The summed E-state index contributed by atoms with van der Waals surface area (Å²) in [5.74, 6) is -0.0148. The van der Waals surface area contributed by atoms with Gasteiger partial charge in [0.15, 0.2) is 0 Å². The maximum Gasteiger partial charge on any atom is 0.333 e. The van der Waals surface area contributed by atoms with Gasteiger partial charge < -0.3 is 4.74 Å². The van der Waals surface area contributed by atoms with Crippen LogP contribution in [0.4, 0.5) is 0 Å². The first-order valence-corrected chi connectivity index (χ1v) is 13.9. The van der Waals surface area contributed by atoms with Gasteiger partial charge in [0.1, 0.15) is 5.25 Å². The molecule has 178 valence electrons. The average molecular weight is 474 g/mol. The van der Waals surface area contributed by atoms with E-state index in [1.54, 1.807) is 0 Å². The van der Waals surface area contributed by atoms with Crippen LogP contribution in [0.15, 0.2) is 24.3 Å². The molecule has 1 aromatic rings. The highest BCUT2D eigenvalue weighted by Gasteiger charge is 2.24. The molecular weight excluding hydrogens is 434 g/mol. The van der Waals surface area contributed by atoms with Gasteiger partial charge in [-0.2, -0.15) is 13.1 Å². The average Bonchev–Trinajstić information content (AvgIpc) is 2.74. The van der Waals surface area contributed by atoms with Gasteiger partial charge in [-0.3, -0.25) is 9.35 Å². The highest BCUT2D eigenvalue weighted by atomic mass is 32.2. The van der Waals surface area contributed by atoms with E-state index in [1.807, 2.05) is 22.9 Å². The fraction of sp³-hybridized carbons (Fsp3) is 0.696. The molecule has 1 unspecified atom stereocenters. The third-order valence-corrected chi connectivity index (χ3v) is 7.01. The van der Waals surface area contributed by atoms with Crippen molar-refractivity contribution in [2.45, 2.75) is 82.8 Å².